The van der Waals surface area contributed by atoms with Crippen molar-refractivity contribution in [1.29, 1.82) is 0 Å². The fourth-order valence-corrected chi connectivity index (χ4v) is 1.12. The van der Waals surface area contributed by atoms with E-state index in [2.05, 4.69) is 5.10 Å². The molecule has 0 aliphatic carbocycles. The first-order valence-corrected chi connectivity index (χ1v) is 4.36. The van der Waals surface area contributed by atoms with Gasteiger partial charge in [0.2, 0.25) is 0 Å². The fraction of sp³-hybridized carbons (Fsp3) is 0.625. The first-order chi connectivity index (χ1) is 6.11. The maximum Gasteiger partial charge on any atom is 0.145 e. The van der Waals surface area contributed by atoms with Gasteiger partial charge in [-0.05, 0) is 19.8 Å². The summed E-state index contributed by atoms with van der Waals surface area (Å²) < 4.78 is 1.65. The van der Waals surface area contributed by atoms with Gasteiger partial charge < -0.3 is 16.6 Å². The van der Waals surface area contributed by atoms with Crippen LogP contribution in [-0.2, 0) is 6.54 Å². The third-order valence-corrected chi connectivity index (χ3v) is 1.90. The lowest BCUT2D eigenvalue weighted by molar-refractivity contribution is 0.179. The van der Waals surface area contributed by atoms with Gasteiger partial charge in [-0.2, -0.15) is 5.10 Å². The van der Waals surface area contributed by atoms with Crippen LogP contribution in [0.5, 0.6) is 0 Å². The Bertz CT molecular complexity index is 269. The average molecular weight is 184 g/mol. The molecule has 1 rings (SSSR count). The summed E-state index contributed by atoms with van der Waals surface area (Å²) >= 11 is 0. The molecule has 0 aliphatic heterocycles. The number of rotatable bonds is 4. The largest absolute Gasteiger partial charge is 0.394 e. The maximum atomic E-state index is 9.02. The Kier molecular flexibility index (Phi) is 3.13. The standard InChI is InChI=1S/C8H16N4O/c1-6(13)3-2-4-12-8(10)7(9)5-11-12/h5-6,13H,2-4,9-10H2,1H3. The quantitative estimate of drug-likeness (QED) is 0.624. The van der Waals surface area contributed by atoms with Crippen molar-refractivity contribution in [2.24, 2.45) is 0 Å². The highest BCUT2D eigenvalue weighted by atomic mass is 16.3. The molecule has 0 saturated carbocycles. The topological polar surface area (TPSA) is 90.1 Å². The van der Waals surface area contributed by atoms with E-state index in [-0.39, 0.29) is 6.10 Å². The summed E-state index contributed by atoms with van der Waals surface area (Å²) in [6.07, 6.45) is 2.87. The number of nitrogens with zero attached hydrogens (tertiary/aromatic N) is 2. The normalized spacial score (nSPS) is 13.1. The van der Waals surface area contributed by atoms with Crippen molar-refractivity contribution in [3.63, 3.8) is 0 Å². The molecular formula is C8H16N4O. The summed E-state index contributed by atoms with van der Waals surface area (Å²) in [6, 6.07) is 0. The van der Waals surface area contributed by atoms with Crippen LogP contribution < -0.4 is 11.5 Å². The van der Waals surface area contributed by atoms with E-state index < -0.39 is 0 Å². The van der Waals surface area contributed by atoms with Crippen molar-refractivity contribution in [3.8, 4) is 0 Å². The molecule has 5 N–H and O–H groups in total. The first-order valence-electron chi connectivity index (χ1n) is 4.36. The molecule has 1 atom stereocenters. The van der Waals surface area contributed by atoms with Gasteiger partial charge in [0.1, 0.15) is 5.82 Å². The van der Waals surface area contributed by atoms with Gasteiger partial charge in [-0.3, -0.25) is 0 Å². The van der Waals surface area contributed by atoms with E-state index >= 15 is 0 Å². The molecular weight excluding hydrogens is 168 g/mol. The van der Waals surface area contributed by atoms with Crippen LogP contribution in [0, 0.1) is 0 Å². The Morgan fingerprint density at radius 2 is 2.31 bits per heavy atom. The van der Waals surface area contributed by atoms with E-state index in [9.17, 15) is 0 Å². The van der Waals surface area contributed by atoms with Crippen molar-refractivity contribution in [3.05, 3.63) is 6.20 Å². The highest BCUT2D eigenvalue weighted by Crippen LogP contribution is 2.13. The molecule has 1 aromatic rings. The van der Waals surface area contributed by atoms with Gasteiger partial charge in [0.05, 0.1) is 18.0 Å². The Morgan fingerprint density at radius 1 is 1.62 bits per heavy atom. The summed E-state index contributed by atoms with van der Waals surface area (Å²) in [6.45, 7) is 2.47. The molecule has 0 spiro atoms. The van der Waals surface area contributed by atoms with E-state index in [1.807, 2.05) is 0 Å². The molecule has 0 amide bonds. The van der Waals surface area contributed by atoms with Crippen molar-refractivity contribution < 1.29 is 5.11 Å². The van der Waals surface area contributed by atoms with Gasteiger partial charge in [0.25, 0.3) is 0 Å². The van der Waals surface area contributed by atoms with E-state index in [1.54, 1.807) is 11.6 Å². The van der Waals surface area contributed by atoms with Crippen LogP contribution in [0.2, 0.25) is 0 Å². The van der Waals surface area contributed by atoms with Crippen molar-refractivity contribution in [2.45, 2.75) is 32.4 Å². The zero-order valence-corrected chi connectivity index (χ0v) is 7.77. The lowest BCUT2D eigenvalue weighted by Gasteiger charge is -2.05. The lowest BCUT2D eigenvalue weighted by Crippen LogP contribution is -2.08. The Hall–Kier alpha value is -1.23. The molecule has 0 radical (unpaired) electrons. The highest BCUT2D eigenvalue weighted by Gasteiger charge is 2.03. The molecule has 74 valence electrons. The number of nitrogens with two attached hydrogens (primary N) is 2. The monoisotopic (exact) mass is 184 g/mol. The van der Waals surface area contributed by atoms with Gasteiger partial charge in [-0.25, -0.2) is 4.68 Å². The number of aliphatic hydroxyl groups excluding tert-OH is 1. The van der Waals surface area contributed by atoms with Crippen LogP contribution in [0.1, 0.15) is 19.8 Å². The number of aromatic nitrogens is 2. The molecule has 1 unspecified atom stereocenters. The average Bonchev–Trinajstić information content (AvgIpc) is 2.35. The van der Waals surface area contributed by atoms with Crippen LogP contribution in [0.15, 0.2) is 6.20 Å². The van der Waals surface area contributed by atoms with Crippen LogP contribution in [0.4, 0.5) is 11.5 Å². The minimum Gasteiger partial charge on any atom is -0.394 e. The summed E-state index contributed by atoms with van der Waals surface area (Å²) in [7, 11) is 0. The van der Waals surface area contributed by atoms with E-state index in [1.165, 1.54) is 6.20 Å². The van der Waals surface area contributed by atoms with Gasteiger partial charge in [0, 0.05) is 6.54 Å². The number of aliphatic hydroxyl groups is 1. The lowest BCUT2D eigenvalue weighted by atomic mass is 10.2. The third-order valence-electron chi connectivity index (χ3n) is 1.90. The number of nitrogen functional groups attached to an aromatic ring is 2. The van der Waals surface area contributed by atoms with Crippen molar-refractivity contribution >= 4 is 11.5 Å². The fourth-order valence-electron chi connectivity index (χ4n) is 1.12. The summed E-state index contributed by atoms with van der Waals surface area (Å²) in [5.41, 5.74) is 11.7. The van der Waals surface area contributed by atoms with Crippen molar-refractivity contribution in [2.75, 3.05) is 11.5 Å². The van der Waals surface area contributed by atoms with Crippen molar-refractivity contribution in [1.82, 2.24) is 9.78 Å². The second kappa shape index (κ2) is 4.13. The zero-order valence-electron chi connectivity index (χ0n) is 7.77. The summed E-state index contributed by atoms with van der Waals surface area (Å²) in [4.78, 5) is 0. The number of hydrogen-bond donors (Lipinski definition) is 3. The van der Waals surface area contributed by atoms with Crippen LogP contribution in [0.25, 0.3) is 0 Å². The predicted molar refractivity (Wildman–Crippen MR) is 52.0 cm³/mol. The molecule has 5 nitrogen and oxygen atoms in total. The zero-order chi connectivity index (χ0) is 9.84. The van der Waals surface area contributed by atoms with Gasteiger partial charge in [0.15, 0.2) is 0 Å². The summed E-state index contributed by atoms with van der Waals surface area (Å²) in [5, 5.41) is 13.0. The van der Waals surface area contributed by atoms with E-state index in [4.69, 9.17) is 16.6 Å². The number of aryl methyl sites for hydroxylation is 1. The minimum atomic E-state index is -0.269. The predicted octanol–water partition coefficient (Wildman–Crippen LogP) is 0.209. The van der Waals surface area contributed by atoms with Crippen LogP contribution in [0.3, 0.4) is 0 Å². The molecule has 0 fully saturated rings. The number of hydrogen-bond acceptors (Lipinski definition) is 4. The minimum absolute atomic E-state index is 0.269. The van der Waals surface area contributed by atoms with E-state index in [0.29, 0.717) is 18.1 Å². The van der Waals surface area contributed by atoms with Gasteiger partial charge >= 0.3 is 0 Å². The molecule has 13 heavy (non-hydrogen) atoms. The highest BCUT2D eigenvalue weighted by molar-refractivity contribution is 5.56. The van der Waals surface area contributed by atoms with Gasteiger partial charge in [-0.1, -0.05) is 0 Å². The summed E-state index contributed by atoms with van der Waals surface area (Å²) in [5.74, 6) is 0.505. The molecule has 0 aromatic carbocycles. The SMILES string of the molecule is CC(O)CCCn1ncc(N)c1N. The Balaban J connectivity index is 2.41. The molecule has 1 heterocycles. The second-order valence-corrected chi connectivity index (χ2v) is 3.20. The van der Waals surface area contributed by atoms with E-state index in [0.717, 1.165) is 12.8 Å². The third kappa shape index (κ3) is 2.62. The molecule has 0 bridgehead atoms. The molecule has 5 heteroatoms. The first kappa shape index (κ1) is 9.85. The van der Waals surface area contributed by atoms with Gasteiger partial charge in [-0.15, -0.1) is 0 Å². The molecule has 1 aromatic heterocycles. The molecule has 0 aliphatic rings. The Labute approximate surface area is 77.3 Å². The van der Waals surface area contributed by atoms with Crippen LogP contribution in [-0.4, -0.2) is 21.0 Å². The number of anilines is 2. The smallest absolute Gasteiger partial charge is 0.145 e. The molecule has 0 saturated heterocycles. The van der Waals surface area contributed by atoms with Crippen LogP contribution >= 0.6 is 0 Å². The maximum absolute atomic E-state index is 9.02. The Morgan fingerprint density at radius 3 is 2.77 bits per heavy atom. The second-order valence-electron chi connectivity index (χ2n) is 3.20.